The van der Waals surface area contributed by atoms with Crippen LogP contribution in [0.1, 0.15) is 35.0 Å². The largest absolute Gasteiger partial charge is 0.461 e. The van der Waals surface area contributed by atoms with E-state index in [0.29, 0.717) is 22.6 Å². The van der Waals surface area contributed by atoms with Gasteiger partial charge in [-0.3, -0.25) is 4.79 Å². The molecule has 4 aromatic rings. The first-order chi connectivity index (χ1) is 14.0. The summed E-state index contributed by atoms with van der Waals surface area (Å²) in [5, 5.41) is 4.88. The second-order valence-corrected chi connectivity index (χ2v) is 6.85. The van der Waals surface area contributed by atoms with E-state index in [-0.39, 0.29) is 13.0 Å². The van der Waals surface area contributed by atoms with Crippen LogP contribution in [0.4, 0.5) is 0 Å². The van der Waals surface area contributed by atoms with Gasteiger partial charge in [0.05, 0.1) is 6.42 Å². The van der Waals surface area contributed by atoms with Gasteiger partial charge in [-0.05, 0) is 31.9 Å². The van der Waals surface area contributed by atoms with Crippen LogP contribution in [-0.2, 0) is 29.0 Å². The number of nitrogens with zero attached hydrogens (tertiary/aromatic N) is 4. The number of rotatable bonds is 5. The van der Waals surface area contributed by atoms with E-state index in [1.807, 2.05) is 39.0 Å². The van der Waals surface area contributed by atoms with Gasteiger partial charge in [-0.25, -0.2) is 14.3 Å². The first-order valence-corrected chi connectivity index (χ1v) is 9.33. The molecule has 0 saturated carbocycles. The second-order valence-electron chi connectivity index (χ2n) is 6.85. The molecule has 0 fully saturated rings. The molecule has 0 amide bonds. The van der Waals surface area contributed by atoms with Gasteiger partial charge in [0.25, 0.3) is 5.78 Å². The molecule has 3 heterocycles. The van der Waals surface area contributed by atoms with Gasteiger partial charge in [-0.15, -0.1) is 0 Å². The summed E-state index contributed by atoms with van der Waals surface area (Å²) in [6, 6.07) is 7.06. The minimum Gasteiger partial charge on any atom is -0.461 e. The van der Waals surface area contributed by atoms with Crippen LogP contribution < -0.4 is 5.63 Å². The van der Waals surface area contributed by atoms with Crippen LogP contribution in [0.2, 0.25) is 0 Å². The minimum atomic E-state index is -0.468. The van der Waals surface area contributed by atoms with Crippen molar-refractivity contribution < 1.29 is 13.9 Å². The van der Waals surface area contributed by atoms with Crippen molar-refractivity contribution in [3.05, 3.63) is 69.1 Å². The second kappa shape index (κ2) is 7.46. The van der Waals surface area contributed by atoms with Crippen LogP contribution in [0.15, 0.2) is 39.8 Å². The summed E-state index contributed by atoms with van der Waals surface area (Å²) in [6.45, 7) is 5.70. The molecular formula is C21H20N4O4. The molecule has 0 N–H and O–H groups in total. The van der Waals surface area contributed by atoms with E-state index in [1.54, 1.807) is 4.52 Å². The molecule has 0 atom stereocenters. The van der Waals surface area contributed by atoms with Gasteiger partial charge in [0.15, 0.2) is 0 Å². The summed E-state index contributed by atoms with van der Waals surface area (Å²) in [7, 11) is 0. The van der Waals surface area contributed by atoms with Crippen LogP contribution in [0.5, 0.6) is 0 Å². The number of esters is 1. The number of hydrogen-bond acceptors (Lipinski definition) is 7. The zero-order valence-corrected chi connectivity index (χ0v) is 16.4. The van der Waals surface area contributed by atoms with Crippen LogP contribution in [0.3, 0.4) is 0 Å². The lowest BCUT2D eigenvalue weighted by Gasteiger charge is -2.11. The van der Waals surface area contributed by atoms with E-state index in [2.05, 4.69) is 15.1 Å². The highest BCUT2D eigenvalue weighted by Crippen LogP contribution is 2.20. The predicted octanol–water partition coefficient (Wildman–Crippen LogP) is 2.70. The van der Waals surface area contributed by atoms with Crippen LogP contribution in [-0.4, -0.2) is 25.6 Å². The Hall–Kier alpha value is -3.55. The third kappa shape index (κ3) is 3.61. The summed E-state index contributed by atoms with van der Waals surface area (Å²) in [5.41, 5.74) is 3.96. The number of carbonyl (C=O) groups excluding carboxylic acids is 1. The van der Waals surface area contributed by atoms with Gasteiger partial charge >= 0.3 is 11.6 Å². The average Bonchev–Trinajstić information content (AvgIpc) is 3.17. The van der Waals surface area contributed by atoms with Crippen molar-refractivity contribution >= 4 is 22.7 Å². The van der Waals surface area contributed by atoms with Crippen molar-refractivity contribution in [3.63, 3.8) is 0 Å². The van der Waals surface area contributed by atoms with Crippen molar-refractivity contribution in [2.75, 3.05) is 0 Å². The Morgan fingerprint density at radius 2 is 2.07 bits per heavy atom. The Labute approximate surface area is 166 Å². The maximum Gasteiger partial charge on any atom is 0.336 e. The predicted molar refractivity (Wildman–Crippen MR) is 106 cm³/mol. The zero-order valence-electron chi connectivity index (χ0n) is 16.4. The minimum absolute atomic E-state index is 0.0104. The lowest BCUT2D eigenvalue weighted by molar-refractivity contribution is -0.144. The first-order valence-electron chi connectivity index (χ1n) is 9.33. The zero-order chi connectivity index (χ0) is 20.5. The summed E-state index contributed by atoms with van der Waals surface area (Å²) in [4.78, 5) is 32.8. The maximum absolute atomic E-state index is 12.5. The molecule has 1 aromatic carbocycles. The van der Waals surface area contributed by atoms with Crippen LogP contribution in [0, 0.1) is 13.8 Å². The maximum atomic E-state index is 12.5. The molecule has 0 aliphatic rings. The standard InChI is InChI=1S/C21H20N4O4/c1-4-14-5-6-16-15(8-20(27)29-18(16)7-14)10-28-19(26)9-17-12(2)24-21-22-11-23-25(21)13(17)3/h5-8,11H,4,9-10H2,1-3H3. The summed E-state index contributed by atoms with van der Waals surface area (Å²) < 4.78 is 12.3. The molecule has 0 unspecified atom stereocenters. The van der Waals surface area contributed by atoms with E-state index >= 15 is 0 Å². The van der Waals surface area contributed by atoms with Gasteiger partial charge in [0.1, 0.15) is 18.5 Å². The fourth-order valence-corrected chi connectivity index (χ4v) is 3.38. The fraction of sp³-hybridized carbons (Fsp3) is 0.286. The van der Waals surface area contributed by atoms with Crippen molar-refractivity contribution in [3.8, 4) is 0 Å². The van der Waals surface area contributed by atoms with Gasteiger partial charge in [0.2, 0.25) is 0 Å². The summed E-state index contributed by atoms with van der Waals surface area (Å²) >= 11 is 0. The molecule has 8 heteroatoms. The van der Waals surface area contributed by atoms with Crippen molar-refractivity contribution in [2.24, 2.45) is 0 Å². The number of hydrogen-bond donors (Lipinski definition) is 0. The highest BCUT2D eigenvalue weighted by Gasteiger charge is 2.16. The van der Waals surface area contributed by atoms with Crippen molar-refractivity contribution in [2.45, 2.75) is 40.2 Å². The summed E-state index contributed by atoms with van der Waals surface area (Å²) in [6.07, 6.45) is 2.31. The molecule has 0 aliphatic heterocycles. The smallest absolute Gasteiger partial charge is 0.336 e. The topological polar surface area (TPSA) is 99.6 Å². The van der Waals surface area contributed by atoms with Crippen molar-refractivity contribution in [1.29, 1.82) is 0 Å². The van der Waals surface area contributed by atoms with Crippen LogP contribution >= 0.6 is 0 Å². The Morgan fingerprint density at radius 3 is 2.86 bits per heavy atom. The number of aryl methyl sites for hydroxylation is 3. The normalized spacial score (nSPS) is 11.3. The first kappa shape index (κ1) is 18.8. The lowest BCUT2D eigenvalue weighted by Crippen LogP contribution is -2.14. The highest BCUT2D eigenvalue weighted by molar-refractivity contribution is 5.81. The quantitative estimate of drug-likeness (QED) is 0.380. The molecule has 3 aromatic heterocycles. The van der Waals surface area contributed by atoms with Crippen LogP contribution in [0.25, 0.3) is 16.7 Å². The number of fused-ring (bicyclic) bond motifs is 2. The van der Waals surface area contributed by atoms with Gasteiger partial charge in [-0.1, -0.05) is 19.1 Å². The molecule has 0 bridgehead atoms. The lowest BCUT2D eigenvalue weighted by atomic mass is 10.1. The fourth-order valence-electron chi connectivity index (χ4n) is 3.38. The Bertz CT molecular complexity index is 1290. The van der Waals surface area contributed by atoms with Gasteiger partial charge in [0, 0.05) is 34.0 Å². The Kier molecular flexibility index (Phi) is 4.84. The number of carbonyl (C=O) groups is 1. The number of ether oxygens (including phenoxy) is 1. The third-order valence-corrected chi connectivity index (χ3v) is 5.00. The monoisotopic (exact) mass is 392 g/mol. The Balaban J connectivity index is 1.55. The number of aromatic nitrogens is 4. The van der Waals surface area contributed by atoms with E-state index in [9.17, 15) is 9.59 Å². The molecule has 0 radical (unpaired) electrons. The molecule has 0 aliphatic carbocycles. The number of benzene rings is 1. The molecule has 0 spiro atoms. The molecule has 29 heavy (non-hydrogen) atoms. The molecule has 8 nitrogen and oxygen atoms in total. The van der Waals surface area contributed by atoms with E-state index in [0.717, 1.165) is 28.6 Å². The average molecular weight is 392 g/mol. The van der Waals surface area contributed by atoms with E-state index in [1.165, 1.54) is 12.4 Å². The molecule has 4 rings (SSSR count). The SMILES string of the molecule is CCc1ccc2c(COC(=O)Cc3c(C)nc4ncnn4c3C)cc(=O)oc2c1. The van der Waals surface area contributed by atoms with E-state index in [4.69, 9.17) is 9.15 Å². The molecule has 0 saturated heterocycles. The van der Waals surface area contributed by atoms with Gasteiger partial charge < -0.3 is 9.15 Å². The highest BCUT2D eigenvalue weighted by atomic mass is 16.5. The van der Waals surface area contributed by atoms with E-state index < -0.39 is 11.6 Å². The summed E-state index contributed by atoms with van der Waals surface area (Å²) in [5.74, 6) is 0.0788. The Morgan fingerprint density at radius 1 is 1.24 bits per heavy atom. The molecule has 148 valence electrons. The van der Waals surface area contributed by atoms with Crippen molar-refractivity contribution in [1.82, 2.24) is 19.6 Å². The third-order valence-electron chi connectivity index (χ3n) is 5.00. The van der Waals surface area contributed by atoms with Gasteiger partial charge in [-0.2, -0.15) is 10.1 Å². The molecular weight excluding hydrogens is 372 g/mol.